The van der Waals surface area contributed by atoms with Gasteiger partial charge >= 0.3 is 0 Å². The Kier molecular flexibility index (Phi) is 3.76. The molecule has 0 N–H and O–H groups in total. The highest BCUT2D eigenvalue weighted by atomic mass is 16.5. The van der Waals surface area contributed by atoms with Crippen LogP contribution in [-0.4, -0.2) is 34.8 Å². The van der Waals surface area contributed by atoms with Crippen LogP contribution in [0.3, 0.4) is 0 Å². The summed E-state index contributed by atoms with van der Waals surface area (Å²) in [5.74, 6) is 1.02. The highest BCUT2D eigenvalue weighted by Gasteiger charge is 2.32. The van der Waals surface area contributed by atoms with Crippen LogP contribution in [0.15, 0.2) is 24.5 Å². The number of anilines is 1. The summed E-state index contributed by atoms with van der Waals surface area (Å²) in [6.07, 6.45) is 12.3. The number of rotatable bonds is 6. The van der Waals surface area contributed by atoms with Crippen LogP contribution in [-0.2, 0) is 11.2 Å². The largest absolute Gasteiger partial charge is 0.489 e. The summed E-state index contributed by atoms with van der Waals surface area (Å²) in [5.41, 5.74) is 4.69. The van der Waals surface area contributed by atoms with Crippen LogP contribution >= 0.6 is 0 Å². The van der Waals surface area contributed by atoms with Gasteiger partial charge in [0, 0.05) is 34.6 Å². The van der Waals surface area contributed by atoms with E-state index in [9.17, 15) is 4.79 Å². The summed E-state index contributed by atoms with van der Waals surface area (Å²) >= 11 is 0. The van der Waals surface area contributed by atoms with Gasteiger partial charge in [0.25, 0.3) is 0 Å². The molecule has 0 bridgehead atoms. The molecule has 0 amide bonds. The Morgan fingerprint density at radius 2 is 2.08 bits per heavy atom. The van der Waals surface area contributed by atoms with E-state index in [0.29, 0.717) is 24.7 Å². The molecule has 2 aromatic rings. The van der Waals surface area contributed by atoms with Crippen molar-refractivity contribution in [1.82, 2.24) is 9.78 Å². The Labute approximate surface area is 153 Å². The van der Waals surface area contributed by atoms with Crippen LogP contribution in [0.2, 0.25) is 0 Å². The average Bonchev–Trinajstić information content (AvgIpc) is 3.58. The van der Waals surface area contributed by atoms with Crippen LogP contribution in [0.5, 0.6) is 5.75 Å². The molecule has 5 heteroatoms. The van der Waals surface area contributed by atoms with Gasteiger partial charge in [0.2, 0.25) is 0 Å². The summed E-state index contributed by atoms with van der Waals surface area (Å²) in [5, 5.41) is 4.56. The Balaban J connectivity index is 1.59. The molecule has 136 valence electrons. The van der Waals surface area contributed by atoms with Crippen molar-refractivity contribution >= 4 is 12.0 Å². The maximum atomic E-state index is 11.2. The molecule has 5 nitrogen and oxygen atoms in total. The standard InChI is InChI=1S/C21H25N3O2/c1-14-2-7-19-20(23(14)10-11-25)9-8-18(21(19)26-17-5-6-17)15-12-22-24(13-15)16-3-4-16/h8-9,11-14,16-17H,2-7,10H2,1H3. The Hall–Kier alpha value is -2.30. The molecule has 1 aromatic heterocycles. The zero-order valence-electron chi connectivity index (χ0n) is 15.2. The van der Waals surface area contributed by atoms with Crippen molar-refractivity contribution < 1.29 is 9.53 Å². The van der Waals surface area contributed by atoms with E-state index in [1.165, 1.54) is 18.4 Å². The van der Waals surface area contributed by atoms with Crippen molar-refractivity contribution in [3.05, 3.63) is 30.1 Å². The summed E-state index contributed by atoms with van der Waals surface area (Å²) < 4.78 is 8.50. The van der Waals surface area contributed by atoms with E-state index in [0.717, 1.165) is 54.5 Å². The number of hydrogen-bond acceptors (Lipinski definition) is 4. The molecule has 2 saturated carbocycles. The Morgan fingerprint density at radius 3 is 2.81 bits per heavy atom. The highest BCUT2D eigenvalue weighted by molar-refractivity contribution is 5.78. The first-order valence-corrected chi connectivity index (χ1v) is 9.82. The maximum Gasteiger partial charge on any atom is 0.139 e. The van der Waals surface area contributed by atoms with Gasteiger partial charge in [0.05, 0.1) is 24.9 Å². The minimum absolute atomic E-state index is 0.345. The first kappa shape index (κ1) is 15.9. The van der Waals surface area contributed by atoms with Gasteiger partial charge in [0.1, 0.15) is 12.0 Å². The van der Waals surface area contributed by atoms with Crippen LogP contribution < -0.4 is 9.64 Å². The third-order valence-corrected chi connectivity index (χ3v) is 5.80. The molecule has 2 fully saturated rings. The van der Waals surface area contributed by atoms with Gasteiger partial charge in [-0.2, -0.15) is 5.10 Å². The van der Waals surface area contributed by atoms with E-state index in [4.69, 9.17) is 4.74 Å². The quantitative estimate of drug-likeness (QED) is 0.744. The number of aldehydes is 1. The van der Waals surface area contributed by atoms with Crippen LogP contribution in [0.4, 0.5) is 5.69 Å². The van der Waals surface area contributed by atoms with E-state index >= 15 is 0 Å². The molecular formula is C21H25N3O2. The molecular weight excluding hydrogens is 326 g/mol. The minimum atomic E-state index is 0.345. The number of aromatic nitrogens is 2. The van der Waals surface area contributed by atoms with Gasteiger partial charge < -0.3 is 14.4 Å². The monoisotopic (exact) mass is 351 g/mol. The number of carbonyl (C=O) groups is 1. The Morgan fingerprint density at radius 1 is 1.23 bits per heavy atom. The van der Waals surface area contributed by atoms with Gasteiger partial charge in [-0.3, -0.25) is 4.68 Å². The molecule has 1 aromatic carbocycles. The molecule has 1 unspecified atom stereocenters. The highest BCUT2D eigenvalue weighted by Crippen LogP contribution is 2.45. The number of benzene rings is 1. The molecule has 5 rings (SSSR count). The second-order valence-corrected chi connectivity index (χ2v) is 7.90. The van der Waals surface area contributed by atoms with Crippen molar-refractivity contribution in [1.29, 1.82) is 0 Å². The average molecular weight is 351 g/mol. The van der Waals surface area contributed by atoms with E-state index in [1.807, 2.05) is 6.20 Å². The fourth-order valence-corrected chi connectivity index (χ4v) is 3.96. The molecule has 1 aliphatic heterocycles. The lowest BCUT2D eigenvalue weighted by Crippen LogP contribution is -2.38. The first-order chi connectivity index (χ1) is 12.7. The summed E-state index contributed by atoms with van der Waals surface area (Å²) in [6.45, 7) is 2.64. The number of fused-ring (bicyclic) bond motifs is 1. The van der Waals surface area contributed by atoms with Gasteiger partial charge in [0.15, 0.2) is 0 Å². The number of nitrogens with zero attached hydrogens (tertiary/aromatic N) is 3. The van der Waals surface area contributed by atoms with Gasteiger partial charge in [-0.15, -0.1) is 0 Å². The topological polar surface area (TPSA) is 47.4 Å². The van der Waals surface area contributed by atoms with Crippen molar-refractivity contribution in [2.75, 3.05) is 11.4 Å². The molecule has 1 atom stereocenters. The number of ether oxygens (including phenoxy) is 1. The number of hydrogen-bond donors (Lipinski definition) is 0. The molecule has 2 aliphatic carbocycles. The smallest absolute Gasteiger partial charge is 0.139 e. The van der Waals surface area contributed by atoms with Gasteiger partial charge in [-0.25, -0.2) is 0 Å². The molecule has 26 heavy (non-hydrogen) atoms. The SMILES string of the molecule is CC1CCc2c(ccc(-c3cnn(C4CC4)c3)c2OC2CC2)N1CC=O. The van der Waals surface area contributed by atoms with Crippen molar-refractivity contribution in [2.24, 2.45) is 0 Å². The third kappa shape index (κ3) is 2.79. The van der Waals surface area contributed by atoms with E-state index < -0.39 is 0 Å². The van der Waals surface area contributed by atoms with Gasteiger partial charge in [-0.05, 0) is 57.6 Å². The molecule has 0 radical (unpaired) electrons. The van der Waals surface area contributed by atoms with E-state index in [1.54, 1.807) is 0 Å². The molecule has 0 saturated heterocycles. The molecule has 3 aliphatic rings. The fraction of sp³-hybridized carbons (Fsp3) is 0.524. The second kappa shape index (κ2) is 6.15. The second-order valence-electron chi connectivity index (χ2n) is 7.90. The van der Waals surface area contributed by atoms with Gasteiger partial charge in [-0.1, -0.05) is 0 Å². The number of carbonyl (C=O) groups excluding carboxylic acids is 1. The third-order valence-electron chi connectivity index (χ3n) is 5.80. The fourth-order valence-electron chi connectivity index (χ4n) is 3.96. The summed E-state index contributed by atoms with van der Waals surface area (Å²) in [7, 11) is 0. The lowest BCUT2D eigenvalue weighted by Gasteiger charge is -2.37. The van der Waals surface area contributed by atoms with Crippen LogP contribution in [0.25, 0.3) is 11.1 Å². The van der Waals surface area contributed by atoms with Crippen LogP contribution in [0, 0.1) is 0 Å². The van der Waals surface area contributed by atoms with Crippen molar-refractivity contribution in [3.8, 4) is 16.9 Å². The lowest BCUT2D eigenvalue weighted by molar-refractivity contribution is -0.106. The lowest BCUT2D eigenvalue weighted by atomic mass is 9.92. The normalized spacial score (nSPS) is 22.2. The van der Waals surface area contributed by atoms with Crippen LogP contribution in [0.1, 0.15) is 50.6 Å². The zero-order chi connectivity index (χ0) is 17.7. The Bertz CT molecular complexity index is 836. The molecule has 0 spiro atoms. The van der Waals surface area contributed by atoms with E-state index in [-0.39, 0.29) is 0 Å². The first-order valence-electron chi connectivity index (χ1n) is 9.82. The minimum Gasteiger partial charge on any atom is -0.489 e. The summed E-state index contributed by atoms with van der Waals surface area (Å²) in [6, 6.07) is 5.28. The molecule has 2 heterocycles. The predicted octanol–water partition coefficient (Wildman–Crippen LogP) is 3.77. The summed E-state index contributed by atoms with van der Waals surface area (Å²) in [4.78, 5) is 13.4. The van der Waals surface area contributed by atoms with Crippen molar-refractivity contribution in [2.45, 2.75) is 63.6 Å². The van der Waals surface area contributed by atoms with Crippen molar-refractivity contribution in [3.63, 3.8) is 0 Å². The van der Waals surface area contributed by atoms with E-state index in [2.05, 4.69) is 39.9 Å². The maximum absolute atomic E-state index is 11.2. The predicted molar refractivity (Wildman–Crippen MR) is 101 cm³/mol. The zero-order valence-corrected chi connectivity index (χ0v) is 15.2.